The molecule has 0 spiro atoms. The molecule has 1 aliphatic heterocycles. The number of hydrogen-bond donors (Lipinski definition) is 1. The first-order chi connectivity index (χ1) is 11.5. The molecule has 0 saturated carbocycles. The zero-order chi connectivity index (χ0) is 17.1. The fraction of sp³-hybridized carbons (Fsp3) is 0.444. The van der Waals surface area contributed by atoms with Gasteiger partial charge in [-0.05, 0) is 42.5 Å². The van der Waals surface area contributed by atoms with Crippen molar-refractivity contribution in [2.45, 2.75) is 25.8 Å². The second-order valence-electron chi connectivity index (χ2n) is 6.54. The van der Waals surface area contributed by atoms with Gasteiger partial charge in [-0.3, -0.25) is 4.68 Å². The number of aromatic nitrogens is 2. The Bertz CT molecular complexity index is 697. The number of nitrogens with one attached hydrogen (secondary N) is 1. The first-order valence-corrected chi connectivity index (χ1v) is 8.33. The Morgan fingerprint density at radius 3 is 2.71 bits per heavy atom. The fourth-order valence-corrected chi connectivity index (χ4v) is 3.16. The summed E-state index contributed by atoms with van der Waals surface area (Å²) in [7, 11) is 1.83. The molecule has 6 heteroatoms. The van der Waals surface area contributed by atoms with Gasteiger partial charge in [-0.15, -0.1) is 0 Å². The fourth-order valence-electron chi connectivity index (χ4n) is 3.16. The quantitative estimate of drug-likeness (QED) is 0.940. The van der Waals surface area contributed by atoms with Crippen molar-refractivity contribution in [3.63, 3.8) is 0 Å². The molecule has 2 heterocycles. The van der Waals surface area contributed by atoms with Crippen molar-refractivity contribution < 1.29 is 9.18 Å². The van der Waals surface area contributed by atoms with Gasteiger partial charge in [0.1, 0.15) is 11.9 Å². The van der Waals surface area contributed by atoms with E-state index in [1.807, 2.05) is 24.2 Å². The molecule has 2 aromatic rings. The SMILES string of the molecule is CC1CCCN(C(=O)NC(c2ccc(F)cc2)c2ccn(C)n2)C1. The third kappa shape index (κ3) is 3.75. The van der Waals surface area contributed by atoms with Gasteiger partial charge in [-0.25, -0.2) is 9.18 Å². The van der Waals surface area contributed by atoms with Crippen LogP contribution >= 0.6 is 0 Å². The van der Waals surface area contributed by atoms with Crippen molar-refractivity contribution >= 4 is 6.03 Å². The second kappa shape index (κ2) is 7.03. The number of hydrogen-bond acceptors (Lipinski definition) is 2. The van der Waals surface area contributed by atoms with Crippen LogP contribution in [-0.2, 0) is 7.05 Å². The van der Waals surface area contributed by atoms with Crippen LogP contribution in [0.1, 0.15) is 37.1 Å². The van der Waals surface area contributed by atoms with Crippen molar-refractivity contribution in [3.05, 3.63) is 53.6 Å². The summed E-state index contributed by atoms with van der Waals surface area (Å²) < 4.78 is 14.9. The van der Waals surface area contributed by atoms with Crippen LogP contribution in [0.25, 0.3) is 0 Å². The smallest absolute Gasteiger partial charge is 0.318 e. The number of halogens is 1. The van der Waals surface area contributed by atoms with E-state index in [1.165, 1.54) is 12.1 Å². The van der Waals surface area contributed by atoms with Crippen LogP contribution in [0.4, 0.5) is 9.18 Å². The van der Waals surface area contributed by atoms with Crippen LogP contribution in [0.2, 0.25) is 0 Å². The Morgan fingerprint density at radius 2 is 2.08 bits per heavy atom. The van der Waals surface area contributed by atoms with Gasteiger partial charge >= 0.3 is 6.03 Å². The molecule has 1 aliphatic rings. The lowest BCUT2D eigenvalue weighted by atomic mass is 10.0. The number of urea groups is 1. The number of amides is 2. The number of piperidine rings is 1. The Hall–Kier alpha value is -2.37. The van der Waals surface area contributed by atoms with Gasteiger partial charge in [-0.2, -0.15) is 5.10 Å². The molecule has 24 heavy (non-hydrogen) atoms. The molecule has 0 bridgehead atoms. The van der Waals surface area contributed by atoms with Gasteiger partial charge in [-0.1, -0.05) is 19.1 Å². The van der Waals surface area contributed by atoms with Crippen molar-refractivity contribution in [3.8, 4) is 0 Å². The van der Waals surface area contributed by atoms with E-state index >= 15 is 0 Å². The van der Waals surface area contributed by atoms with Gasteiger partial charge in [0.05, 0.1) is 5.69 Å². The number of nitrogens with zero attached hydrogens (tertiary/aromatic N) is 3. The molecule has 128 valence electrons. The number of rotatable bonds is 3. The van der Waals surface area contributed by atoms with Crippen molar-refractivity contribution in [2.75, 3.05) is 13.1 Å². The number of benzene rings is 1. The summed E-state index contributed by atoms with van der Waals surface area (Å²) in [5, 5.41) is 7.47. The first-order valence-electron chi connectivity index (χ1n) is 8.33. The highest BCUT2D eigenvalue weighted by molar-refractivity contribution is 5.75. The lowest BCUT2D eigenvalue weighted by Gasteiger charge is -2.32. The number of carbonyl (C=O) groups excluding carboxylic acids is 1. The molecule has 2 unspecified atom stereocenters. The summed E-state index contributed by atoms with van der Waals surface area (Å²) in [6, 6.07) is 7.56. The summed E-state index contributed by atoms with van der Waals surface area (Å²) in [5.74, 6) is 0.221. The topological polar surface area (TPSA) is 50.2 Å². The van der Waals surface area contributed by atoms with Crippen LogP contribution in [0, 0.1) is 11.7 Å². The molecule has 2 atom stereocenters. The largest absolute Gasteiger partial charge is 0.325 e. The molecule has 3 rings (SSSR count). The standard InChI is InChI=1S/C18H23FN4O/c1-13-4-3-10-23(12-13)18(24)20-17(16-9-11-22(2)21-16)14-5-7-15(19)8-6-14/h5-9,11,13,17H,3-4,10,12H2,1-2H3,(H,20,24). The normalized spacial score (nSPS) is 19.1. The van der Waals surface area contributed by atoms with Gasteiger partial charge in [0.2, 0.25) is 0 Å². The Morgan fingerprint density at radius 1 is 1.33 bits per heavy atom. The molecule has 1 fully saturated rings. The minimum Gasteiger partial charge on any atom is -0.325 e. The number of carbonyl (C=O) groups is 1. The third-order valence-electron chi connectivity index (χ3n) is 4.45. The van der Waals surface area contributed by atoms with E-state index in [2.05, 4.69) is 17.3 Å². The van der Waals surface area contributed by atoms with Gasteiger partial charge in [0.25, 0.3) is 0 Å². The molecule has 0 radical (unpaired) electrons. The van der Waals surface area contributed by atoms with Crippen molar-refractivity contribution in [1.29, 1.82) is 0 Å². The third-order valence-corrected chi connectivity index (χ3v) is 4.45. The van der Waals surface area contributed by atoms with Crippen molar-refractivity contribution in [1.82, 2.24) is 20.0 Å². The van der Waals surface area contributed by atoms with E-state index in [1.54, 1.807) is 16.8 Å². The molecule has 1 N–H and O–H groups in total. The molecule has 1 aromatic heterocycles. The van der Waals surface area contributed by atoms with Gasteiger partial charge in [0, 0.05) is 26.3 Å². The summed E-state index contributed by atoms with van der Waals surface area (Å²) in [6.45, 7) is 3.70. The Balaban J connectivity index is 1.82. The minimum atomic E-state index is -0.392. The zero-order valence-corrected chi connectivity index (χ0v) is 14.1. The van der Waals surface area contributed by atoms with Crippen LogP contribution in [0.15, 0.2) is 36.5 Å². The predicted molar refractivity (Wildman–Crippen MR) is 90.0 cm³/mol. The van der Waals surface area contributed by atoms with E-state index < -0.39 is 6.04 Å². The van der Waals surface area contributed by atoms with E-state index in [9.17, 15) is 9.18 Å². The number of likely N-dealkylation sites (tertiary alicyclic amines) is 1. The van der Waals surface area contributed by atoms with Crippen LogP contribution in [-0.4, -0.2) is 33.8 Å². The molecule has 1 aromatic carbocycles. The maximum absolute atomic E-state index is 13.2. The van der Waals surface area contributed by atoms with Gasteiger partial charge < -0.3 is 10.2 Å². The van der Waals surface area contributed by atoms with E-state index in [0.717, 1.165) is 37.2 Å². The lowest BCUT2D eigenvalue weighted by Crippen LogP contribution is -2.46. The van der Waals surface area contributed by atoms with E-state index in [4.69, 9.17) is 0 Å². The van der Waals surface area contributed by atoms with E-state index in [0.29, 0.717) is 5.92 Å². The molecule has 2 amide bonds. The molecule has 0 aliphatic carbocycles. The van der Waals surface area contributed by atoms with Crippen LogP contribution in [0.5, 0.6) is 0 Å². The Kier molecular flexibility index (Phi) is 4.83. The summed E-state index contributed by atoms with van der Waals surface area (Å²) in [5.41, 5.74) is 1.55. The molecular weight excluding hydrogens is 307 g/mol. The monoisotopic (exact) mass is 330 g/mol. The maximum Gasteiger partial charge on any atom is 0.318 e. The maximum atomic E-state index is 13.2. The molecule has 1 saturated heterocycles. The van der Waals surface area contributed by atoms with Crippen LogP contribution in [0.3, 0.4) is 0 Å². The highest BCUT2D eigenvalue weighted by atomic mass is 19.1. The summed E-state index contributed by atoms with van der Waals surface area (Å²) >= 11 is 0. The van der Waals surface area contributed by atoms with Crippen molar-refractivity contribution in [2.24, 2.45) is 13.0 Å². The van der Waals surface area contributed by atoms with Crippen LogP contribution < -0.4 is 5.32 Å². The molecular formula is C18H23FN4O. The summed E-state index contributed by atoms with van der Waals surface area (Å²) in [4.78, 5) is 14.5. The number of aryl methyl sites for hydroxylation is 1. The van der Waals surface area contributed by atoms with E-state index in [-0.39, 0.29) is 11.8 Å². The first kappa shape index (κ1) is 16.5. The average molecular weight is 330 g/mol. The molecule has 5 nitrogen and oxygen atoms in total. The Labute approximate surface area is 141 Å². The second-order valence-corrected chi connectivity index (χ2v) is 6.54. The average Bonchev–Trinajstić information content (AvgIpc) is 2.99. The predicted octanol–water partition coefficient (Wildman–Crippen LogP) is 3.09. The summed E-state index contributed by atoms with van der Waals surface area (Å²) in [6.07, 6.45) is 4.02. The highest BCUT2D eigenvalue weighted by Crippen LogP contribution is 2.22. The highest BCUT2D eigenvalue weighted by Gasteiger charge is 2.25. The minimum absolute atomic E-state index is 0.0958. The zero-order valence-electron chi connectivity index (χ0n) is 14.1. The lowest BCUT2D eigenvalue weighted by molar-refractivity contribution is 0.167. The van der Waals surface area contributed by atoms with Gasteiger partial charge in [0.15, 0.2) is 0 Å².